The Morgan fingerprint density at radius 2 is 1.96 bits per heavy atom. The molecule has 2 aromatic rings. The number of Topliss-reactive ketones (excluding diaryl/α,β-unsaturated/α-hetero) is 2. The summed E-state index contributed by atoms with van der Waals surface area (Å²) < 4.78 is 0. The van der Waals surface area contributed by atoms with E-state index in [9.17, 15) is 14.7 Å². The summed E-state index contributed by atoms with van der Waals surface area (Å²) in [7, 11) is 0. The van der Waals surface area contributed by atoms with E-state index in [1.807, 2.05) is 6.92 Å². The van der Waals surface area contributed by atoms with Gasteiger partial charge in [-0.15, -0.1) is 0 Å². The fourth-order valence-corrected chi connectivity index (χ4v) is 2.50. The summed E-state index contributed by atoms with van der Waals surface area (Å²) in [5, 5.41) is 10.6. The van der Waals surface area contributed by atoms with E-state index in [1.165, 1.54) is 6.20 Å². The molecule has 0 fully saturated rings. The summed E-state index contributed by atoms with van der Waals surface area (Å²) in [5.74, 6) is -1.83. The van der Waals surface area contributed by atoms with Crippen molar-refractivity contribution >= 4 is 23.0 Å². The van der Waals surface area contributed by atoms with Crippen molar-refractivity contribution in [1.82, 2.24) is 9.97 Å². The molecule has 2 heterocycles. The Hall–Kier alpha value is -3.15. The Morgan fingerprint density at radius 1 is 1.17 bits per heavy atom. The van der Waals surface area contributed by atoms with Crippen LogP contribution in [-0.2, 0) is 4.79 Å². The smallest absolute Gasteiger partial charge is 0.252 e. The van der Waals surface area contributed by atoms with Crippen molar-refractivity contribution in [2.24, 2.45) is 4.99 Å². The van der Waals surface area contributed by atoms with Gasteiger partial charge in [-0.05, 0) is 30.7 Å². The molecule has 0 unspecified atom stereocenters. The van der Waals surface area contributed by atoms with E-state index < -0.39 is 11.6 Å². The van der Waals surface area contributed by atoms with Crippen LogP contribution < -0.4 is 0 Å². The average molecular weight is 321 g/mol. The second-order valence-corrected chi connectivity index (χ2v) is 5.25. The zero-order valence-electron chi connectivity index (χ0n) is 13.1. The molecule has 1 N–H and O–H groups in total. The summed E-state index contributed by atoms with van der Waals surface area (Å²) in [5.41, 5.74) is 0.952. The van der Waals surface area contributed by atoms with Crippen molar-refractivity contribution in [2.75, 3.05) is 6.54 Å². The van der Waals surface area contributed by atoms with Crippen LogP contribution in [0.3, 0.4) is 0 Å². The normalized spacial score (nSPS) is 14.8. The molecule has 2 aromatic heterocycles. The van der Waals surface area contributed by atoms with Crippen molar-refractivity contribution in [2.45, 2.75) is 13.3 Å². The highest BCUT2D eigenvalue weighted by molar-refractivity contribution is 6.58. The zero-order chi connectivity index (χ0) is 17.1. The molecule has 0 saturated heterocycles. The third-order valence-corrected chi connectivity index (χ3v) is 3.61. The molecule has 1 aliphatic rings. The first-order chi connectivity index (χ1) is 11.6. The number of rotatable bonds is 4. The highest BCUT2D eigenvalue weighted by atomic mass is 16.3. The topological polar surface area (TPSA) is 92.5 Å². The number of aliphatic hydroxyl groups excluding tert-OH is 1. The maximum atomic E-state index is 12.6. The average Bonchev–Trinajstić information content (AvgIpc) is 2.63. The highest BCUT2D eigenvalue weighted by Crippen LogP contribution is 2.28. The number of nitrogens with zero attached hydrogens (tertiary/aromatic N) is 3. The molecular formula is C18H15N3O3. The van der Waals surface area contributed by atoms with Crippen LogP contribution in [0, 0.1) is 0 Å². The summed E-state index contributed by atoms with van der Waals surface area (Å²) >= 11 is 0. The number of carbonyl (C=O) groups is 2. The molecule has 0 aromatic carbocycles. The number of aliphatic imine (C=N–C) groups is 1. The van der Waals surface area contributed by atoms with Crippen molar-refractivity contribution in [3.05, 3.63) is 65.2 Å². The van der Waals surface area contributed by atoms with Crippen molar-refractivity contribution < 1.29 is 14.7 Å². The number of hydrogen-bond donors (Lipinski definition) is 1. The number of ketones is 2. The first-order valence-electron chi connectivity index (χ1n) is 7.58. The molecule has 1 aliphatic carbocycles. The minimum Gasteiger partial charge on any atom is -0.506 e. The van der Waals surface area contributed by atoms with Gasteiger partial charge in [0.2, 0.25) is 5.78 Å². The Morgan fingerprint density at radius 3 is 2.67 bits per heavy atom. The van der Waals surface area contributed by atoms with Crippen LogP contribution in [0.1, 0.15) is 35.0 Å². The molecular weight excluding hydrogens is 306 g/mol. The fraction of sp³-hybridized carbons (Fsp3) is 0.167. The lowest BCUT2D eigenvalue weighted by atomic mass is 9.87. The number of fused-ring (bicyclic) bond motifs is 1. The second-order valence-electron chi connectivity index (χ2n) is 5.25. The third-order valence-electron chi connectivity index (χ3n) is 3.61. The van der Waals surface area contributed by atoms with Crippen molar-refractivity contribution in [3.63, 3.8) is 0 Å². The standard InChI is InChI=1S/C18H15N3O3/c1-2-7-20-14(11-5-3-8-19-10-11)13-16(22)12-6-4-9-21-15(12)18(24)17(13)23/h3-6,8-10,22H,2,7H2,1H3. The third kappa shape index (κ3) is 2.62. The molecule has 0 saturated carbocycles. The van der Waals surface area contributed by atoms with Gasteiger partial charge in [0.15, 0.2) is 0 Å². The molecule has 24 heavy (non-hydrogen) atoms. The lowest BCUT2D eigenvalue weighted by molar-refractivity contribution is -0.111. The molecule has 0 bridgehead atoms. The van der Waals surface area contributed by atoms with Crippen LogP contribution in [0.5, 0.6) is 0 Å². The summed E-state index contributed by atoms with van der Waals surface area (Å²) in [6.45, 7) is 2.41. The molecule has 6 nitrogen and oxygen atoms in total. The van der Waals surface area contributed by atoms with Crippen LogP contribution in [-0.4, -0.2) is 38.9 Å². The van der Waals surface area contributed by atoms with Gasteiger partial charge in [0, 0.05) is 36.3 Å². The van der Waals surface area contributed by atoms with Crippen LogP contribution >= 0.6 is 0 Å². The van der Waals surface area contributed by atoms with Gasteiger partial charge in [-0.3, -0.25) is 24.5 Å². The van der Waals surface area contributed by atoms with Gasteiger partial charge in [0.25, 0.3) is 5.78 Å². The van der Waals surface area contributed by atoms with E-state index in [-0.39, 0.29) is 28.3 Å². The van der Waals surface area contributed by atoms with E-state index in [2.05, 4.69) is 15.0 Å². The van der Waals surface area contributed by atoms with E-state index in [1.54, 1.807) is 36.7 Å². The number of carbonyl (C=O) groups excluding carboxylic acids is 2. The van der Waals surface area contributed by atoms with Gasteiger partial charge in [-0.1, -0.05) is 6.92 Å². The summed E-state index contributed by atoms with van der Waals surface area (Å²) in [4.78, 5) is 37.3. The number of aromatic nitrogens is 2. The minimum absolute atomic E-state index is 0.0372. The fourth-order valence-electron chi connectivity index (χ4n) is 2.50. The second kappa shape index (κ2) is 6.54. The zero-order valence-corrected chi connectivity index (χ0v) is 13.1. The highest BCUT2D eigenvalue weighted by Gasteiger charge is 2.36. The van der Waals surface area contributed by atoms with Crippen LogP contribution in [0.4, 0.5) is 0 Å². The first-order valence-corrected chi connectivity index (χ1v) is 7.58. The van der Waals surface area contributed by atoms with Crippen LogP contribution in [0.15, 0.2) is 53.4 Å². The molecule has 0 atom stereocenters. The minimum atomic E-state index is -0.808. The maximum absolute atomic E-state index is 12.6. The van der Waals surface area contributed by atoms with Gasteiger partial charge >= 0.3 is 0 Å². The number of aliphatic hydroxyl groups is 1. The lowest BCUT2D eigenvalue weighted by Gasteiger charge is -2.18. The van der Waals surface area contributed by atoms with E-state index >= 15 is 0 Å². The Labute approximate surface area is 138 Å². The molecule has 0 spiro atoms. The van der Waals surface area contributed by atoms with E-state index in [0.29, 0.717) is 12.1 Å². The van der Waals surface area contributed by atoms with Gasteiger partial charge in [0.05, 0.1) is 11.3 Å². The summed E-state index contributed by atoms with van der Waals surface area (Å²) in [6, 6.07) is 6.60. The molecule has 6 heteroatoms. The van der Waals surface area contributed by atoms with E-state index in [0.717, 1.165) is 6.42 Å². The lowest BCUT2D eigenvalue weighted by Crippen LogP contribution is -2.29. The maximum Gasteiger partial charge on any atom is 0.252 e. The Bertz CT molecular complexity index is 870. The molecule has 120 valence electrons. The van der Waals surface area contributed by atoms with Gasteiger partial charge < -0.3 is 5.11 Å². The van der Waals surface area contributed by atoms with Crippen molar-refractivity contribution in [1.29, 1.82) is 0 Å². The molecule has 0 aliphatic heterocycles. The molecule has 0 radical (unpaired) electrons. The van der Waals surface area contributed by atoms with Gasteiger partial charge in [-0.25, -0.2) is 0 Å². The monoisotopic (exact) mass is 321 g/mol. The summed E-state index contributed by atoms with van der Waals surface area (Å²) in [6.07, 6.45) is 5.32. The number of hydrogen-bond acceptors (Lipinski definition) is 6. The molecule has 0 amide bonds. The largest absolute Gasteiger partial charge is 0.506 e. The van der Waals surface area contributed by atoms with Crippen LogP contribution in [0.2, 0.25) is 0 Å². The predicted molar refractivity (Wildman–Crippen MR) is 89.1 cm³/mol. The van der Waals surface area contributed by atoms with Crippen LogP contribution in [0.25, 0.3) is 5.76 Å². The Balaban J connectivity index is 2.24. The number of allylic oxidation sites excluding steroid dienone is 1. The molecule has 3 rings (SSSR count). The quantitative estimate of drug-likeness (QED) is 0.689. The van der Waals surface area contributed by atoms with E-state index in [4.69, 9.17) is 0 Å². The Kier molecular flexibility index (Phi) is 4.29. The number of pyridine rings is 2. The predicted octanol–water partition coefficient (Wildman–Crippen LogP) is 2.41. The first kappa shape index (κ1) is 15.7. The van der Waals surface area contributed by atoms with Gasteiger partial charge in [0.1, 0.15) is 11.5 Å². The van der Waals surface area contributed by atoms with Crippen molar-refractivity contribution in [3.8, 4) is 0 Å². The van der Waals surface area contributed by atoms with Gasteiger partial charge in [-0.2, -0.15) is 0 Å². The SMILES string of the molecule is CCCN=C(C1=C(O)c2cccnc2C(=O)C1=O)c1cccnc1.